The van der Waals surface area contributed by atoms with Crippen LogP contribution >= 0.6 is 11.6 Å². The Labute approximate surface area is 234 Å². The summed E-state index contributed by atoms with van der Waals surface area (Å²) in [5.41, 5.74) is 4.78. The number of nitrogens with zero attached hydrogens (tertiary/aromatic N) is 4. The Balaban J connectivity index is 1.55. The Morgan fingerprint density at radius 1 is 0.825 bits per heavy atom. The molecule has 2 heterocycles. The van der Waals surface area contributed by atoms with Crippen LogP contribution in [0.15, 0.2) is 114 Å². The molecule has 196 valence electrons. The van der Waals surface area contributed by atoms with Gasteiger partial charge in [-0.15, -0.1) is 0 Å². The van der Waals surface area contributed by atoms with Crippen LogP contribution in [0.5, 0.6) is 0 Å². The number of esters is 1. The SMILES string of the molecule is CCOC(=O)c1cccc(-n2cnc3c(=O)n(-c4ccc(Cl)cc4)c(-c4ccc(-c5ccccc5)cc4)nc32)c1. The van der Waals surface area contributed by atoms with Crippen molar-refractivity contribution in [2.75, 3.05) is 6.61 Å². The van der Waals surface area contributed by atoms with Crippen molar-refractivity contribution < 1.29 is 9.53 Å². The van der Waals surface area contributed by atoms with Crippen LogP contribution in [-0.4, -0.2) is 31.7 Å². The molecule has 40 heavy (non-hydrogen) atoms. The standard InChI is InChI=1S/C32H23ClN4O3/c1-2-40-32(39)24-9-6-10-27(19-24)36-20-34-28-30(36)35-29(37(31(28)38)26-17-15-25(33)16-18-26)23-13-11-22(12-14-23)21-7-4-3-5-8-21/h3-20H,2H2,1H3. The van der Waals surface area contributed by atoms with Gasteiger partial charge in [0, 0.05) is 16.3 Å². The van der Waals surface area contributed by atoms with Crippen LogP contribution in [0.4, 0.5) is 0 Å². The molecule has 0 unspecified atom stereocenters. The maximum Gasteiger partial charge on any atom is 0.338 e. The quantitative estimate of drug-likeness (QED) is 0.216. The van der Waals surface area contributed by atoms with Crippen LogP contribution < -0.4 is 5.56 Å². The van der Waals surface area contributed by atoms with E-state index in [0.717, 1.165) is 16.7 Å². The zero-order valence-corrected chi connectivity index (χ0v) is 22.2. The van der Waals surface area contributed by atoms with Gasteiger partial charge in [-0.2, -0.15) is 0 Å². The Morgan fingerprint density at radius 2 is 1.52 bits per heavy atom. The van der Waals surface area contributed by atoms with Gasteiger partial charge >= 0.3 is 5.97 Å². The molecule has 0 fully saturated rings. The lowest BCUT2D eigenvalue weighted by Crippen LogP contribution is -2.22. The molecule has 8 heteroatoms. The number of carbonyl (C=O) groups is 1. The number of ether oxygens (including phenoxy) is 1. The first kappa shape index (κ1) is 25.3. The molecular formula is C32H23ClN4O3. The van der Waals surface area contributed by atoms with Crippen molar-refractivity contribution in [3.63, 3.8) is 0 Å². The Hall–Kier alpha value is -5.01. The number of hydrogen-bond acceptors (Lipinski definition) is 5. The van der Waals surface area contributed by atoms with Gasteiger partial charge in [-0.25, -0.2) is 14.8 Å². The normalized spacial score (nSPS) is 11.1. The second kappa shape index (κ2) is 10.6. The summed E-state index contributed by atoms with van der Waals surface area (Å²) in [6.07, 6.45) is 1.54. The van der Waals surface area contributed by atoms with Gasteiger partial charge in [-0.05, 0) is 60.5 Å². The third kappa shape index (κ3) is 4.67. The lowest BCUT2D eigenvalue weighted by atomic mass is 10.0. The molecular weight excluding hydrogens is 524 g/mol. The summed E-state index contributed by atoms with van der Waals surface area (Å²) >= 11 is 6.14. The van der Waals surface area contributed by atoms with E-state index in [1.807, 2.05) is 60.7 Å². The van der Waals surface area contributed by atoms with Gasteiger partial charge < -0.3 is 4.74 Å². The summed E-state index contributed by atoms with van der Waals surface area (Å²) < 4.78 is 8.40. The number of halogens is 1. The van der Waals surface area contributed by atoms with Crippen molar-refractivity contribution in [2.45, 2.75) is 6.92 Å². The topological polar surface area (TPSA) is 79.0 Å². The fraction of sp³-hybridized carbons (Fsp3) is 0.0625. The van der Waals surface area contributed by atoms with Crippen molar-refractivity contribution in [3.8, 4) is 33.9 Å². The van der Waals surface area contributed by atoms with E-state index in [2.05, 4.69) is 4.98 Å². The van der Waals surface area contributed by atoms with Gasteiger partial charge in [-0.3, -0.25) is 13.9 Å². The van der Waals surface area contributed by atoms with Gasteiger partial charge in [0.15, 0.2) is 11.2 Å². The van der Waals surface area contributed by atoms with Gasteiger partial charge in [0.05, 0.1) is 17.9 Å². The predicted molar refractivity (Wildman–Crippen MR) is 156 cm³/mol. The minimum Gasteiger partial charge on any atom is -0.462 e. The molecule has 6 rings (SSSR count). The zero-order chi connectivity index (χ0) is 27.6. The maximum absolute atomic E-state index is 13.9. The first-order chi connectivity index (χ1) is 19.5. The fourth-order valence-corrected chi connectivity index (χ4v) is 4.73. The van der Waals surface area contributed by atoms with Gasteiger partial charge in [-0.1, -0.05) is 72.3 Å². The highest BCUT2D eigenvalue weighted by Gasteiger charge is 2.19. The third-order valence-corrected chi connectivity index (χ3v) is 6.79. The van der Waals surface area contributed by atoms with Crippen LogP contribution in [-0.2, 0) is 4.74 Å². The second-order valence-electron chi connectivity index (χ2n) is 9.05. The van der Waals surface area contributed by atoms with Gasteiger partial charge in [0.1, 0.15) is 12.2 Å². The number of fused-ring (bicyclic) bond motifs is 1. The molecule has 0 saturated carbocycles. The highest BCUT2D eigenvalue weighted by molar-refractivity contribution is 6.30. The molecule has 0 aliphatic carbocycles. The lowest BCUT2D eigenvalue weighted by molar-refractivity contribution is 0.0526. The second-order valence-corrected chi connectivity index (χ2v) is 9.49. The van der Waals surface area contributed by atoms with Gasteiger partial charge in [0.2, 0.25) is 0 Å². The number of imidazole rings is 1. The average molecular weight is 547 g/mol. The number of benzene rings is 4. The van der Waals surface area contributed by atoms with Crippen molar-refractivity contribution >= 4 is 28.7 Å². The van der Waals surface area contributed by atoms with E-state index in [4.69, 9.17) is 21.3 Å². The fourth-order valence-electron chi connectivity index (χ4n) is 4.60. The molecule has 0 amide bonds. The van der Waals surface area contributed by atoms with Gasteiger partial charge in [0.25, 0.3) is 5.56 Å². The van der Waals surface area contributed by atoms with Crippen LogP contribution in [0, 0.1) is 0 Å². The molecule has 7 nitrogen and oxygen atoms in total. The van der Waals surface area contributed by atoms with E-state index in [1.165, 1.54) is 6.33 Å². The summed E-state index contributed by atoms with van der Waals surface area (Å²) in [6.45, 7) is 2.03. The molecule has 0 saturated heterocycles. The van der Waals surface area contributed by atoms with Crippen molar-refractivity contribution in [1.29, 1.82) is 0 Å². The molecule has 0 spiro atoms. The van der Waals surface area contributed by atoms with Crippen LogP contribution in [0.2, 0.25) is 5.02 Å². The molecule has 0 atom stereocenters. The number of aromatic nitrogens is 4. The first-order valence-corrected chi connectivity index (χ1v) is 13.1. The van der Waals surface area contributed by atoms with E-state index >= 15 is 0 Å². The van der Waals surface area contributed by atoms with E-state index in [9.17, 15) is 9.59 Å². The van der Waals surface area contributed by atoms with E-state index in [0.29, 0.717) is 33.4 Å². The van der Waals surface area contributed by atoms with Crippen LogP contribution in [0.3, 0.4) is 0 Å². The molecule has 4 aromatic carbocycles. The minimum absolute atomic E-state index is 0.196. The predicted octanol–water partition coefficient (Wildman–Crippen LogP) is 6.74. The molecule has 0 bridgehead atoms. The van der Waals surface area contributed by atoms with Crippen molar-refractivity contribution in [2.24, 2.45) is 0 Å². The minimum atomic E-state index is -0.425. The summed E-state index contributed by atoms with van der Waals surface area (Å²) in [5, 5.41) is 0.561. The molecule has 2 aromatic heterocycles. The van der Waals surface area contributed by atoms with E-state index in [-0.39, 0.29) is 17.7 Å². The summed E-state index contributed by atoms with van der Waals surface area (Å²) in [5.74, 6) is 0.0220. The Kier molecular flexibility index (Phi) is 6.72. The maximum atomic E-state index is 13.9. The largest absolute Gasteiger partial charge is 0.462 e. The molecule has 0 N–H and O–H groups in total. The van der Waals surface area contributed by atoms with Crippen molar-refractivity contribution in [3.05, 3.63) is 130 Å². The Morgan fingerprint density at radius 3 is 2.25 bits per heavy atom. The third-order valence-electron chi connectivity index (χ3n) is 6.54. The summed E-state index contributed by atoms with van der Waals surface area (Å²) in [7, 11) is 0. The lowest BCUT2D eigenvalue weighted by Gasteiger charge is -2.14. The number of hydrogen-bond donors (Lipinski definition) is 0. The van der Waals surface area contributed by atoms with E-state index < -0.39 is 5.97 Å². The molecule has 0 radical (unpaired) electrons. The van der Waals surface area contributed by atoms with Crippen molar-refractivity contribution in [1.82, 2.24) is 19.1 Å². The average Bonchev–Trinajstić information content (AvgIpc) is 3.43. The zero-order valence-electron chi connectivity index (χ0n) is 21.5. The van der Waals surface area contributed by atoms with Crippen LogP contribution in [0.25, 0.3) is 45.1 Å². The van der Waals surface area contributed by atoms with E-state index in [1.54, 1.807) is 58.5 Å². The summed E-state index contributed by atoms with van der Waals surface area (Å²) in [4.78, 5) is 35.7. The molecule has 0 aliphatic rings. The van der Waals surface area contributed by atoms with Crippen LogP contribution in [0.1, 0.15) is 17.3 Å². The summed E-state index contributed by atoms with van der Waals surface area (Å²) in [6, 6.07) is 31.9. The Bertz CT molecular complexity index is 1890. The molecule has 0 aliphatic heterocycles. The first-order valence-electron chi connectivity index (χ1n) is 12.7. The smallest absolute Gasteiger partial charge is 0.338 e. The molecule has 6 aromatic rings. The number of rotatable bonds is 6. The highest BCUT2D eigenvalue weighted by atomic mass is 35.5. The number of carbonyl (C=O) groups excluding carboxylic acids is 1. The monoisotopic (exact) mass is 546 g/mol. The highest BCUT2D eigenvalue weighted by Crippen LogP contribution is 2.27.